The number of aromatic hydroxyl groups is 1. The van der Waals surface area contributed by atoms with Gasteiger partial charge in [-0.05, 0) is 39.8 Å². The van der Waals surface area contributed by atoms with Crippen LogP contribution < -0.4 is 10.3 Å². The van der Waals surface area contributed by atoms with E-state index in [9.17, 15) is 20.0 Å². The van der Waals surface area contributed by atoms with Gasteiger partial charge in [-0.3, -0.25) is 14.9 Å². The fourth-order valence-electron chi connectivity index (χ4n) is 2.35. The van der Waals surface area contributed by atoms with Gasteiger partial charge in [-0.25, -0.2) is 0 Å². The molecular weight excluding hydrogens is 348 g/mol. The van der Waals surface area contributed by atoms with Crippen LogP contribution in [0.5, 0.6) is 11.5 Å². The van der Waals surface area contributed by atoms with Gasteiger partial charge in [0.25, 0.3) is 0 Å². The number of aromatic nitrogens is 1. The normalized spacial score (nSPS) is 11.4. The Morgan fingerprint density at radius 3 is 2.56 bits per heavy atom. The van der Waals surface area contributed by atoms with Gasteiger partial charge in [-0.2, -0.15) is 0 Å². The molecule has 1 aromatic carbocycles. The molecular formula is C17H19ClN2O5. The maximum absolute atomic E-state index is 12.4. The summed E-state index contributed by atoms with van der Waals surface area (Å²) in [7, 11) is 0. The van der Waals surface area contributed by atoms with Crippen LogP contribution in [0.2, 0.25) is 5.02 Å². The van der Waals surface area contributed by atoms with Crippen molar-refractivity contribution in [3.8, 4) is 11.5 Å². The van der Waals surface area contributed by atoms with E-state index in [0.29, 0.717) is 16.3 Å². The third-order valence-corrected chi connectivity index (χ3v) is 3.77. The summed E-state index contributed by atoms with van der Waals surface area (Å²) in [4.78, 5) is 22.6. The van der Waals surface area contributed by atoms with Crippen LogP contribution in [-0.2, 0) is 6.54 Å². The van der Waals surface area contributed by atoms with E-state index in [2.05, 4.69) is 0 Å². The third kappa shape index (κ3) is 4.11. The minimum absolute atomic E-state index is 0.0219. The van der Waals surface area contributed by atoms with Gasteiger partial charge in [0, 0.05) is 22.3 Å². The summed E-state index contributed by atoms with van der Waals surface area (Å²) in [5, 5.41) is 21.3. The lowest BCUT2D eigenvalue weighted by molar-refractivity contribution is -0.387. The quantitative estimate of drug-likeness (QED) is 0.658. The molecule has 134 valence electrons. The van der Waals surface area contributed by atoms with E-state index in [1.165, 1.54) is 13.1 Å². The second-order valence-electron chi connectivity index (χ2n) is 6.63. The fourth-order valence-corrected chi connectivity index (χ4v) is 2.57. The van der Waals surface area contributed by atoms with Crippen LogP contribution in [0.15, 0.2) is 29.2 Å². The van der Waals surface area contributed by atoms with E-state index in [4.69, 9.17) is 16.3 Å². The van der Waals surface area contributed by atoms with Crippen molar-refractivity contribution in [2.75, 3.05) is 0 Å². The highest BCUT2D eigenvalue weighted by atomic mass is 35.5. The summed E-state index contributed by atoms with van der Waals surface area (Å²) >= 11 is 6.26. The average molecular weight is 367 g/mol. The minimum Gasteiger partial charge on any atom is -0.502 e. The van der Waals surface area contributed by atoms with E-state index < -0.39 is 27.5 Å². The van der Waals surface area contributed by atoms with Gasteiger partial charge in [-0.1, -0.05) is 17.7 Å². The monoisotopic (exact) mass is 366 g/mol. The van der Waals surface area contributed by atoms with Gasteiger partial charge in [0.05, 0.1) is 11.5 Å². The topological polar surface area (TPSA) is 94.6 Å². The first-order valence-electron chi connectivity index (χ1n) is 7.55. The number of nitro groups is 1. The molecule has 0 amide bonds. The molecule has 0 radical (unpaired) electrons. The van der Waals surface area contributed by atoms with Crippen molar-refractivity contribution < 1.29 is 14.8 Å². The zero-order valence-electron chi connectivity index (χ0n) is 14.4. The smallest absolute Gasteiger partial charge is 0.375 e. The summed E-state index contributed by atoms with van der Waals surface area (Å²) < 4.78 is 7.02. The molecule has 0 aliphatic rings. The van der Waals surface area contributed by atoms with E-state index in [1.807, 2.05) is 20.8 Å². The van der Waals surface area contributed by atoms with E-state index >= 15 is 0 Å². The van der Waals surface area contributed by atoms with Gasteiger partial charge >= 0.3 is 11.2 Å². The van der Waals surface area contributed by atoms with Gasteiger partial charge in [0.1, 0.15) is 11.4 Å². The van der Waals surface area contributed by atoms with Crippen LogP contribution in [0.25, 0.3) is 0 Å². The summed E-state index contributed by atoms with van der Waals surface area (Å²) in [5.74, 6) is -0.142. The van der Waals surface area contributed by atoms with Crippen LogP contribution >= 0.6 is 11.6 Å². The molecule has 0 atom stereocenters. The zero-order valence-corrected chi connectivity index (χ0v) is 15.1. The Kier molecular flexibility index (Phi) is 5.08. The standard InChI is InChI=1S/C17H19ClN2O5/c1-10-8-19(16(22)14(15(10)21)20(23)24)9-11-12(18)6-5-7-13(11)25-17(2,3)4/h5-8,21H,9H2,1-4H3. The van der Waals surface area contributed by atoms with Gasteiger partial charge in [0.2, 0.25) is 5.75 Å². The van der Waals surface area contributed by atoms with Crippen molar-refractivity contribution in [2.45, 2.75) is 39.8 Å². The number of nitrogens with zero attached hydrogens (tertiary/aromatic N) is 2. The zero-order chi connectivity index (χ0) is 18.9. The number of hydrogen-bond donors (Lipinski definition) is 1. The van der Waals surface area contributed by atoms with Gasteiger partial charge < -0.3 is 14.4 Å². The Labute approximate surface area is 149 Å². The highest BCUT2D eigenvalue weighted by Gasteiger charge is 2.25. The number of pyridine rings is 1. The molecule has 0 unspecified atom stereocenters. The Balaban J connectivity index is 2.58. The van der Waals surface area contributed by atoms with Crippen molar-refractivity contribution in [3.63, 3.8) is 0 Å². The molecule has 7 nitrogen and oxygen atoms in total. The van der Waals surface area contributed by atoms with Crippen LogP contribution in [0, 0.1) is 17.0 Å². The molecule has 1 N–H and O–H groups in total. The molecule has 0 fully saturated rings. The molecule has 0 aliphatic carbocycles. The molecule has 1 aromatic heterocycles. The summed E-state index contributed by atoms with van der Waals surface area (Å²) in [6, 6.07) is 5.10. The number of rotatable bonds is 4. The molecule has 8 heteroatoms. The minimum atomic E-state index is -0.908. The van der Waals surface area contributed by atoms with E-state index in [-0.39, 0.29) is 12.1 Å². The summed E-state index contributed by atoms with van der Waals surface area (Å²) in [6.07, 6.45) is 1.36. The predicted octanol–water partition coefficient (Wildman–Crippen LogP) is 3.65. The molecule has 1 heterocycles. The average Bonchev–Trinajstić information content (AvgIpc) is 2.46. The second-order valence-corrected chi connectivity index (χ2v) is 7.04. The summed E-state index contributed by atoms with van der Waals surface area (Å²) in [5.41, 5.74) is -1.50. The Hall–Kier alpha value is -2.54. The van der Waals surface area contributed by atoms with E-state index in [1.54, 1.807) is 18.2 Å². The fraction of sp³-hybridized carbons (Fsp3) is 0.353. The highest BCUT2D eigenvalue weighted by Crippen LogP contribution is 2.31. The van der Waals surface area contributed by atoms with Crippen LogP contribution in [0.3, 0.4) is 0 Å². The summed E-state index contributed by atoms with van der Waals surface area (Å²) in [6.45, 7) is 7.08. The first kappa shape index (κ1) is 18.8. The third-order valence-electron chi connectivity index (χ3n) is 3.41. The predicted molar refractivity (Wildman–Crippen MR) is 94.7 cm³/mol. The highest BCUT2D eigenvalue weighted by molar-refractivity contribution is 6.31. The first-order chi connectivity index (χ1) is 11.5. The van der Waals surface area contributed by atoms with Crippen molar-refractivity contribution in [2.24, 2.45) is 0 Å². The lowest BCUT2D eigenvalue weighted by Crippen LogP contribution is -2.26. The number of halogens is 1. The number of ether oxygens (including phenoxy) is 1. The molecule has 0 bridgehead atoms. The van der Waals surface area contributed by atoms with Crippen molar-refractivity contribution in [1.82, 2.24) is 4.57 Å². The molecule has 2 aromatic rings. The second kappa shape index (κ2) is 6.76. The van der Waals surface area contributed by atoms with Crippen LogP contribution in [0.1, 0.15) is 31.9 Å². The number of aryl methyl sites for hydroxylation is 1. The van der Waals surface area contributed by atoms with E-state index in [0.717, 1.165) is 4.57 Å². The number of hydrogen-bond acceptors (Lipinski definition) is 5. The molecule has 2 rings (SSSR count). The molecule has 0 aliphatic heterocycles. The Bertz CT molecular complexity index is 884. The van der Waals surface area contributed by atoms with Crippen molar-refractivity contribution in [3.05, 3.63) is 61.0 Å². The SMILES string of the molecule is Cc1cn(Cc2c(Cl)cccc2OC(C)(C)C)c(=O)c([N+](=O)[O-])c1O. The molecule has 0 spiro atoms. The largest absolute Gasteiger partial charge is 0.502 e. The first-order valence-corrected chi connectivity index (χ1v) is 7.93. The van der Waals surface area contributed by atoms with Crippen LogP contribution in [-0.4, -0.2) is 20.2 Å². The lowest BCUT2D eigenvalue weighted by atomic mass is 10.1. The Morgan fingerprint density at radius 1 is 1.36 bits per heavy atom. The lowest BCUT2D eigenvalue weighted by Gasteiger charge is -2.24. The Morgan fingerprint density at radius 2 is 2.00 bits per heavy atom. The van der Waals surface area contributed by atoms with Crippen molar-refractivity contribution in [1.29, 1.82) is 0 Å². The van der Waals surface area contributed by atoms with Gasteiger partial charge in [-0.15, -0.1) is 0 Å². The van der Waals surface area contributed by atoms with Crippen molar-refractivity contribution >= 4 is 17.3 Å². The van der Waals surface area contributed by atoms with Gasteiger partial charge in [0.15, 0.2) is 0 Å². The maximum Gasteiger partial charge on any atom is 0.375 e. The maximum atomic E-state index is 12.4. The number of benzene rings is 1. The molecule has 0 saturated heterocycles. The molecule has 0 saturated carbocycles. The molecule has 25 heavy (non-hydrogen) atoms. The van der Waals surface area contributed by atoms with Crippen LogP contribution in [0.4, 0.5) is 5.69 Å².